The monoisotopic (exact) mass is 501 g/mol. The average Bonchev–Trinajstić information content (AvgIpc) is 3.29. The fourth-order valence-corrected chi connectivity index (χ4v) is 3.74. The number of carbonyl (C=O) groups excluding carboxylic acids is 3. The van der Waals surface area contributed by atoms with E-state index in [-0.39, 0.29) is 38.6 Å². The molecule has 35 heavy (non-hydrogen) atoms. The molecule has 0 radical (unpaired) electrons. The van der Waals surface area contributed by atoms with Gasteiger partial charge in [0.05, 0.1) is 6.04 Å². The molecule has 4 unspecified atom stereocenters. The number of unbranched alkanes of at least 4 members (excludes halogenated alkanes) is 1. The van der Waals surface area contributed by atoms with Crippen LogP contribution < -0.4 is 22.1 Å². The summed E-state index contributed by atoms with van der Waals surface area (Å²) in [6.07, 6.45) is 0.606. The largest absolute Gasteiger partial charge is 0.481 e. The summed E-state index contributed by atoms with van der Waals surface area (Å²) in [5.74, 6) is -5.76. The highest BCUT2D eigenvalue weighted by Gasteiger charge is 2.38. The van der Waals surface area contributed by atoms with Gasteiger partial charge in [-0.05, 0) is 51.5 Å². The van der Waals surface area contributed by atoms with Gasteiger partial charge < -0.3 is 42.3 Å². The Hall–Kier alpha value is -3.26. The second kappa shape index (κ2) is 14.9. The van der Waals surface area contributed by atoms with E-state index in [0.29, 0.717) is 25.8 Å². The van der Waals surface area contributed by atoms with Gasteiger partial charge in [0.1, 0.15) is 18.1 Å². The van der Waals surface area contributed by atoms with Crippen LogP contribution in [0.5, 0.6) is 0 Å². The van der Waals surface area contributed by atoms with Gasteiger partial charge in [-0.2, -0.15) is 0 Å². The van der Waals surface area contributed by atoms with Gasteiger partial charge in [0.25, 0.3) is 0 Å². The van der Waals surface area contributed by atoms with Crippen molar-refractivity contribution in [3.63, 3.8) is 0 Å². The van der Waals surface area contributed by atoms with Gasteiger partial charge in [0, 0.05) is 19.4 Å². The second-order valence-electron chi connectivity index (χ2n) is 8.41. The zero-order chi connectivity index (χ0) is 26.5. The number of amides is 3. The van der Waals surface area contributed by atoms with Crippen LogP contribution in [-0.4, -0.2) is 93.1 Å². The molecule has 1 aliphatic heterocycles. The van der Waals surface area contributed by atoms with Gasteiger partial charge in [0.15, 0.2) is 0 Å². The molecule has 1 aliphatic rings. The van der Waals surface area contributed by atoms with Gasteiger partial charge in [0.2, 0.25) is 17.7 Å². The number of nitrogens with zero attached hydrogens (tertiary/aromatic N) is 1. The van der Waals surface area contributed by atoms with Crippen molar-refractivity contribution < 1.29 is 44.1 Å². The van der Waals surface area contributed by atoms with Gasteiger partial charge in [-0.25, -0.2) is 4.79 Å². The average molecular weight is 502 g/mol. The number of nitrogens with one attached hydrogen (secondary N) is 2. The molecular weight excluding hydrogens is 466 g/mol. The fourth-order valence-electron chi connectivity index (χ4n) is 3.74. The second-order valence-corrected chi connectivity index (χ2v) is 8.41. The molecule has 0 saturated carbocycles. The summed E-state index contributed by atoms with van der Waals surface area (Å²) in [7, 11) is 0. The van der Waals surface area contributed by atoms with Crippen LogP contribution in [0, 0.1) is 0 Å². The van der Waals surface area contributed by atoms with E-state index in [2.05, 4.69) is 10.6 Å². The summed E-state index contributed by atoms with van der Waals surface area (Å²) in [5, 5.41) is 32.1. The topological polar surface area (TPSA) is 242 Å². The Morgan fingerprint density at radius 2 is 1.46 bits per heavy atom. The number of nitrogens with two attached hydrogens (primary N) is 2. The molecule has 9 N–H and O–H groups in total. The van der Waals surface area contributed by atoms with Gasteiger partial charge >= 0.3 is 17.9 Å². The van der Waals surface area contributed by atoms with Crippen LogP contribution in [0.25, 0.3) is 0 Å². The molecule has 0 spiro atoms. The molecule has 0 aliphatic carbocycles. The lowest BCUT2D eigenvalue weighted by Crippen LogP contribution is -2.57. The molecule has 3 amide bonds. The first kappa shape index (κ1) is 29.8. The summed E-state index contributed by atoms with van der Waals surface area (Å²) >= 11 is 0. The number of carboxylic acids is 3. The molecule has 14 heteroatoms. The highest BCUT2D eigenvalue weighted by molar-refractivity contribution is 5.94. The van der Waals surface area contributed by atoms with Crippen LogP contribution in [-0.2, 0) is 28.8 Å². The Bertz CT molecular complexity index is 791. The number of carboxylic acid groups (broad SMARTS) is 3. The zero-order valence-electron chi connectivity index (χ0n) is 19.5. The van der Waals surface area contributed by atoms with Crippen molar-refractivity contribution in [2.75, 3.05) is 13.1 Å². The number of aliphatic carboxylic acids is 3. The van der Waals surface area contributed by atoms with E-state index >= 15 is 0 Å². The van der Waals surface area contributed by atoms with Crippen molar-refractivity contribution in [2.24, 2.45) is 11.5 Å². The van der Waals surface area contributed by atoms with Crippen LogP contribution in [0.3, 0.4) is 0 Å². The van der Waals surface area contributed by atoms with Crippen molar-refractivity contribution in [3.05, 3.63) is 0 Å². The molecule has 4 atom stereocenters. The van der Waals surface area contributed by atoms with E-state index in [9.17, 15) is 33.9 Å². The molecule has 0 aromatic heterocycles. The number of hydrogen-bond donors (Lipinski definition) is 7. The molecule has 1 rings (SSSR count). The zero-order valence-corrected chi connectivity index (χ0v) is 19.5. The molecule has 14 nitrogen and oxygen atoms in total. The molecule has 0 bridgehead atoms. The Kier molecular flexibility index (Phi) is 12.7. The first-order valence-electron chi connectivity index (χ1n) is 11.5. The SMILES string of the molecule is NCCCCC(NC(=O)C(N)CCC(=O)O)C(=O)NC(CCC(=O)O)C(=O)N1CCCC1C(=O)O. The number of carbonyl (C=O) groups is 6. The maximum atomic E-state index is 13.0. The first-order valence-corrected chi connectivity index (χ1v) is 11.5. The Labute approximate surface area is 202 Å². The molecule has 0 aromatic carbocycles. The predicted molar refractivity (Wildman–Crippen MR) is 121 cm³/mol. The highest BCUT2D eigenvalue weighted by Crippen LogP contribution is 2.20. The summed E-state index contributed by atoms with van der Waals surface area (Å²) in [4.78, 5) is 72.9. The van der Waals surface area contributed by atoms with Crippen LogP contribution in [0.4, 0.5) is 0 Å². The summed E-state index contributed by atoms with van der Waals surface area (Å²) in [6.45, 7) is 0.496. The minimum Gasteiger partial charge on any atom is -0.481 e. The molecule has 1 heterocycles. The minimum atomic E-state index is -1.31. The Balaban J connectivity index is 2.99. The highest BCUT2D eigenvalue weighted by atomic mass is 16.4. The van der Waals surface area contributed by atoms with Crippen LogP contribution in [0.1, 0.15) is 57.8 Å². The number of rotatable bonds is 16. The molecule has 198 valence electrons. The van der Waals surface area contributed by atoms with Crippen molar-refractivity contribution in [3.8, 4) is 0 Å². The van der Waals surface area contributed by atoms with Crippen molar-refractivity contribution in [1.82, 2.24) is 15.5 Å². The Morgan fingerprint density at radius 3 is 2.03 bits per heavy atom. The number of hydrogen-bond acceptors (Lipinski definition) is 8. The quantitative estimate of drug-likeness (QED) is 0.116. The van der Waals surface area contributed by atoms with Crippen LogP contribution in [0.15, 0.2) is 0 Å². The summed E-state index contributed by atoms with van der Waals surface area (Å²) < 4.78 is 0. The minimum absolute atomic E-state index is 0.141. The summed E-state index contributed by atoms with van der Waals surface area (Å²) in [5.41, 5.74) is 11.2. The lowest BCUT2D eigenvalue weighted by molar-refractivity contribution is -0.150. The molecule has 0 aromatic rings. The lowest BCUT2D eigenvalue weighted by atomic mass is 10.0. The fraction of sp³-hybridized carbons (Fsp3) is 0.714. The van der Waals surface area contributed by atoms with E-state index in [4.69, 9.17) is 21.7 Å². The van der Waals surface area contributed by atoms with Gasteiger partial charge in [-0.15, -0.1) is 0 Å². The number of likely N-dealkylation sites (tertiary alicyclic amines) is 1. The maximum absolute atomic E-state index is 13.0. The van der Waals surface area contributed by atoms with Crippen molar-refractivity contribution in [1.29, 1.82) is 0 Å². The van der Waals surface area contributed by atoms with E-state index in [1.165, 1.54) is 0 Å². The third-order valence-corrected chi connectivity index (χ3v) is 5.67. The van der Waals surface area contributed by atoms with E-state index in [1.807, 2.05) is 0 Å². The lowest BCUT2D eigenvalue weighted by Gasteiger charge is -2.29. The van der Waals surface area contributed by atoms with Crippen molar-refractivity contribution in [2.45, 2.75) is 82.0 Å². The molecular formula is C21H35N5O9. The van der Waals surface area contributed by atoms with Gasteiger partial charge in [-0.3, -0.25) is 24.0 Å². The Morgan fingerprint density at radius 1 is 0.857 bits per heavy atom. The maximum Gasteiger partial charge on any atom is 0.326 e. The van der Waals surface area contributed by atoms with E-state index < -0.39 is 66.2 Å². The van der Waals surface area contributed by atoms with Crippen LogP contribution >= 0.6 is 0 Å². The predicted octanol–water partition coefficient (Wildman–Crippen LogP) is -1.78. The standard InChI is InChI=1S/C21H35N5O9/c22-10-2-1-4-13(24-18(31)12(23)6-8-16(27)28)19(32)25-14(7-9-17(29)30)20(33)26-11-3-5-15(26)21(34)35/h12-15H,1-11,22-23H2,(H,24,31)(H,25,32)(H,27,28)(H,29,30)(H,34,35). The third-order valence-electron chi connectivity index (χ3n) is 5.67. The van der Waals surface area contributed by atoms with E-state index in [0.717, 1.165) is 4.90 Å². The third kappa shape index (κ3) is 10.3. The molecule has 1 fully saturated rings. The normalized spacial score (nSPS) is 17.8. The van der Waals surface area contributed by atoms with Crippen molar-refractivity contribution >= 4 is 35.6 Å². The van der Waals surface area contributed by atoms with Gasteiger partial charge in [-0.1, -0.05) is 0 Å². The molecule has 1 saturated heterocycles. The smallest absolute Gasteiger partial charge is 0.326 e. The van der Waals surface area contributed by atoms with Crippen LogP contribution in [0.2, 0.25) is 0 Å². The van der Waals surface area contributed by atoms with E-state index in [1.54, 1.807) is 0 Å². The first-order chi connectivity index (χ1) is 16.5. The summed E-state index contributed by atoms with van der Waals surface area (Å²) in [6, 6.07) is -4.70.